The van der Waals surface area contributed by atoms with Crippen molar-refractivity contribution < 1.29 is 24.6 Å². The number of carboxylic acids is 1. The molecule has 0 aliphatic carbocycles. The van der Waals surface area contributed by atoms with Crippen LogP contribution in [0.5, 0.6) is 0 Å². The predicted molar refractivity (Wildman–Crippen MR) is 170 cm³/mol. The number of likely N-dealkylation sites (tertiary alicyclic amines) is 2. The average Bonchev–Trinajstić information content (AvgIpc) is 3.79. The minimum atomic E-state index is -0.833. The minimum absolute atomic E-state index is 0.0663. The molecular weight excluding hydrogens is 588 g/mol. The molecule has 2 fully saturated rings. The lowest BCUT2D eigenvalue weighted by atomic mass is 9.96. The van der Waals surface area contributed by atoms with Gasteiger partial charge in [0.1, 0.15) is 12.1 Å². The molecule has 46 heavy (non-hydrogen) atoms. The molecular formula is C33H46N8O5. The number of hydrogen-bond donors (Lipinski definition) is 3. The van der Waals surface area contributed by atoms with Crippen LogP contribution in [0.1, 0.15) is 69.8 Å². The van der Waals surface area contributed by atoms with Crippen LogP contribution in [-0.2, 0) is 20.9 Å². The molecule has 4 heterocycles. The van der Waals surface area contributed by atoms with Gasteiger partial charge in [-0.15, -0.1) is 5.10 Å². The first-order valence-electron chi connectivity index (χ1n) is 16.3. The summed E-state index contributed by atoms with van der Waals surface area (Å²) in [4.78, 5) is 43.1. The second-order valence-corrected chi connectivity index (χ2v) is 12.9. The minimum Gasteiger partial charge on any atom is -0.481 e. The highest BCUT2D eigenvalue weighted by atomic mass is 16.4. The molecule has 2 aliphatic rings. The summed E-state index contributed by atoms with van der Waals surface area (Å²) in [6, 6.07) is 8.20. The van der Waals surface area contributed by atoms with E-state index in [1.807, 2.05) is 55.8 Å². The number of aromatic nitrogens is 5. The summed E-state index contributed by atoms with van der Waals surface area (Å²) in [5, 5.41) is 35.8. The Bertz CT molecular complexity index is 1490. The number of amides is 2. The second-order valence-electron chi connectivity index (χ2n) is 12.9. The first-order chi connectivity index (χ1) is 22.0. The normalized spacial score (nSPS) is 20.6. The van der Waals surface area contributed by atoms with E-state index in [4.69, 9.17) is 0 Å². The van der Waals surface area contributed by atoms with E-state index in [1.165, 1.54) is 4.90 Å². The molecule has 0 saturated carbocycles. The smallest absolute Gasteiger partial charge is 0.306 e. The van der Waals surface area contributed by atoms with E-state index >= 15 is 0 Å². The fraction of sp³-hybridized carbons (Fsp3) is 0.576. The molecule has 0 unspecified atom stereocenters. The molecule has 3 N–H and O–H groups in total. The summed E-state index contributed by atoms with van der Waals surface area (Å²) in [7, 11) is 0. The van der Waals surface area contributed by atoms with Crippen LogP contribution in [0.2, 0.25) is 0 Å². The van der Waals surface area contributed by atoms with Crippen LogP contribution in [0.3, 0.4) is 0 Å². The Balaban J connectivity index is 1.35. The molecule has 0 bridgehead atoms. The largest absolute Gasteiger partial charge is 0.481 e. The Labute approximate surface area is 269 Å². The van der Waals surface area contributed by atoms with Gasteiger partial charge in [0.05, 0.1) is 29.5 Å². The number of carboxylic acid groups (broad SMARTS) is 1. The van der Waals surface area contributed by atoms with E-state index in [2.05, 4.69) is 25.6 Å². The SMILES string of the molecule is CCn1nccc1-c1ccc([C@H](CCN2CCC(C(=O)O)CC2)NC(=O)[C@@H]2C[C@@H](O)CN2C(=O)[C@H](C(C)C)n2cc(C)nn2)cc1. The Morgan fingerprint density at radius 1 is 1.09 bits per heavy atom. The van der Waals surface area contributed by atoms with Crippen LogP contribution < -0.4 is 5.32 Å². The van der Waals surface area contributed by atoms with E-state index in [1.54, 1.807) is 24.0 Å². The lowest BCUT2D eigenvalue weighted by molar-refractivity contribution is -0.143. The van der Waals surface area contributed by atoms with Crippen molar-refractivity contribution in [2.75, 3.05) is 26.2 Å². The highest BCUT2D eigenvalue weighted by molar-refractivity contribution is 5.90. The molecule has 1 aromatic carbocycles. The number of benzene rings is 1. The summed E-state index contributed by atoms with van der Waals surface area (Å²) in [6.07, 6.45) is 4.63. The predicted octanol–water partition coefficient (Wildman–Crippen LogP) is 2.67. The van der Waals surface area contributed by atoms with Crippen LogP contribution in [0, 0.1) is 18.8 Å². The quantitative estimate of drug-likeness (QED) is 0.272. The number of piperidine rings is 1. The number of aliphatic hydroxyl groups excluding tert-OH is 1. The monoisotopic (exact) mass is 634 g/mol. The van der Waals surface area contributed by atoms with Gasteiger partial charge in [0.2, 0.25) is 11.8 Å². The Kier molecular flexibility index (Phi) is 10.5. The standard InChI is InChI=1S/C33H46N8O5/c1-5-40-28(10-14-34-40)24-8-6-23(7-9-24)27(13-17-38-15-11-25(12-16-38)33(45)46)35-31(43)29-18-26(42)20-39(29)32(44)30(21(2)3)41-19-22(4)36-37-41/h6-10,14,19,21,25-27,29-30,42H,5,11-13,15-18,20H2,1-4H3,(H,35,43)(H,45,46)/t26-,27+,29+,30+/m1/s1. The van der Waals surface area contributed by atoms with Gasteiger partial charge in [0.15, 0.2) is 0 Å². The van der Waals surface area contributed by atoms with Crippen LogP contribution in [0.4, 0.5) is 0 Å². The second kappa shape index (κ2) is 14.5. The molecule has 2 aromatic heterocycles. The third-order valence-corrected chi connectivity index (χ3v) is 9.27. The van der Waals surface area contributed by atoms with Crippen LogP contribution in [0.15, 0.2) is 42.7 Å². The van der Waals surface area contributed by atoms with Crippen molar-refractivity contribution in [2.45, 2.75) is 84.2 Å². The van der Waals surface area contributed by atoms with Crippen molar-refractivity contribution >= 4 is 17.8 Å². The number of aryl methyl sites for hydroxylation is 2. The molecule has 13 nitrogen and oxygen atoms in total. The number of β-amino-alcohol motifs (C(OH)–C–C–N with tert-alkyl or cyclic N) is 1. The maximum absolute atomic E-state index is 14.0. The lowest BCUT2D eigenvalue weighted by Crippen LogP contribution is -2.50. The molecule has 4 atom stereocenters. The molecule has 2 amide bonds. The van der Waals surface area contributed by atoms with E-state index in [0.29, 0.717) is 44.6 Å². The maximum atomic E-state index is 14.0. The van der Waals surface area contributed by atoms with Gasteiger partial charge in [0.25, 0.3) is 0 Å². The van der Waals surface area contributed by atoms with Gasteiger partial charge >= 0.3 is 5.97 Å². The van der Waals surface area contributed by atoms with Crippen LogP contribution >= 0.6 is 0 Å². The number of nitrogens with one attached hydrogen (secondary N) is 1. The molecule has 13 heteroatoms. The van der Waals surface area contributed by atoms with E-state index in [0.717, 1.165) is 23.4 Å². The van der Waals surface area contributed by atoms with Gasteiger partial charge in [-0.1, -0.05) is 43.3 Å². The Morgan fingerprint density at radius 3 is 2.41 bits per heavy atom. The fourth-order valence-corrected chi connectivity index (χ4v) is 6.70. The van der Waals surface area contributed by atoms with Crippen molar-refractivity contribution in [1.82, 2.24) is 39.9 Å². The molecule has 248 valence electrons. The van der Waals surface area contributed by atoms with Crippen molar-refractivity contribution in [3.8, 4) is 11.3 Å². The zero-order valence-corrected chi connectivity index (χ0v) is 27.1. The van der Waals surface area contributed by atoms with Gasteiger partial charge < -0.3 is 25.3 Å². The molecule has 0 radical (unpaired) electrons. The zero-order valence-electron chi connectivity index (χ0n) is 27.1. The Hall–Kier alpha value is -4.10. The number of nitrogens with zero attached hydrogens (tertiary/aromatic N) is 7. The van der Waals surface area contributed by atoms with Gasteiger partial charge in [0, 0.05) is 38.4 Å². The summed E-state index contributed by atoms with van der Waals surface area (Å²) in [6.45, 7) is 10.6. The third kappa shape index (κ3) is 7.47. The molecule has 0 spiro atoms. The summed E-state index contributed by atoms with van der Waals surface area (Å²) in [5.74, 6) is -1.76. The van der Waals surface area contributed by atoms with Crippen LogP contribution in [0.25, 0.3) is 11.3 Å². The van der Waals surface area contributed by atoms with Gasteiger partial charge in [-0.05, 0) is 69.3 Å². The number of rotatable bonds is 12. The number of hydrogen-bond acceptors (Lipinski definition) is 8. The van der Waals surface area contributed by atoms with Gasteiger partial charge in [-0.3, -0.25) is 19.1 Å². The average molecular weight is 635 g/mol. The first kappa shape index (κ1) is 33.3. The molecule has 2 aliphatic heterocycles. The summed E-state index contributed by atoms with van der Waals surface area (Å²) >= 11 is 0. The highest BCUT2D eigenvalue weighted by Gasteiger charge is 2.43. The van der Waals surface area contributed by atoms with Crippen molar-refractivity contribution in [3.63, 3.8) is 0 Å². The van der Waals surface area contributed by atoms with Crippen molar-refractivity contribution in [1.29, 1.82) is 0 Å². The fourth-order valence-electron chi connectivity index (χ4n) is 6.70. The summed E-state index contributed by atoms with van der Waals surface area (Å²) < 4.78 is 3.47. The van der Waals surface area contributed by atoms with E-state index in [-0.39, 0.29) is 42.7 Å². The lowest BCUT2D eigenvalue weighted by Gasteiger charge is -2.33. The van der Waals surface area contributed by atoms with Crippen molar-refractivity contribution in [2.24, 2.45) is 11.8 Å². The number of aliphatic hydroxyl groups is 1. The van der Waals surface area contributed by atoms with Crippen LogP contribution in [-0.4, -0.2) is 101 Å². The first-order valence-corrected chi connectivity index (χ1v) is 16.3. The summed E-state index contributed by atoms with van der Waals surface area (Å²) in [5.41, 5.74) is 3.64. The Morgan fingerprint density at radius 2 is 1.80 bits per heavy atom. The van der Waals surface area contributed by atoms with E-state index < -0.39 is 24.2 Å². The number of aliphatic carboxylic acids is 1. The van der Waals surface area contributed by atoms with Gasteiger partial charge in [-0.25, -0.2) is 4.68 Å². The zero-order chi connectivity index (χ0) is 33.0. The molecule has 3 aromatic rings. The molecule has 5 rings (SSSR count). The van der Waals surface area contributed by atoms with Gasteiger partial charge in [-0.2, -0.15) is 5.10 Å². The highest BCUT2D eigenvalue weighted by Crippen LogP contribution is 2.29. The maximum Gasteiger partial charge on any atom is 0.306 e. The number of carbonyl (C=O) groups is 3. The number of carbonyl (C=O) groups excluding carboxylic acids is 2. The van der Waals surface area contributed by atoms with Crippen molar-refractivity contribution in [3.05, 3.63) is 54.0 Å². The van der Waals surface area contributed by atoms with E-state index in [9.17, 15) is 24.6 Å². The third-order valence-electron chi connectivity index (χ3n) is 9.27. The topological polar surface area (TPSA) is 159 Å². The molecule has 2 saturated heterocycles.